The molecular weight excluding hydrogens is 250 g/mol. The van der Waals surface area contributed by atoms with Gasteiger partial charge in [0.1, 0.15) is 0 Å². The van der Waals surface area contributed by atoms with E-state index in [2.05, 4.69) is 29.2 Å². The zero-order chi connectivity index (χ0) is 11.7. The first-order valence-electron chi connectivity index (χ1n) is 6.42. The van der Waals surface area contributed by atoms with Crippen LogP contribution in [-0.2, 0) is 12.8 Å². The van der Waals surface area contributed by atoms with Crippen LogP contribution in [0.15, 0.2) is 18.2 Å². The maximum Gasteiger partial charge on any atom is 0.0408 e. The Hall–Kier alpha value is -0.180. The highest BCUT2D eigenvalue weighted by molar-refractivity contribution is 7.99. The van der Waals surface area contributed by atoms with Gasteiger partial charge in [-0.2, -0.15) is 11.8 Å². The lowest BCUT2D eigenvalue weighted by molar-refractivity contribution is 0.414. The van der Waals surface area contributed by atoms with Crippen LogP contribution in [0.4, 0.5) is 0 Å². The number of hydrogen-bond acceptors (Lipinski definition) is 2. The number of benzene rings is 1. The molecule has 0 amide bonds. The van der Waals surface area contributed by atoms with Gasteiger partial charge in [0, 0.05) is 17.1 Å². The van der Waals surface area contributed by atoms with E-state index in [9.17, 15) is 0 Å². The molecule has 1 atom stereocenters. The number of rotatable bonds is 2. The minimum Gasteiger partial charge on any atom is -0.311 e. The molecule has 0 aromatic heterocycles. The highest BCUT2D eigenvalue weighted by Gasteiger charge is 2.24. The van der Waals surface area contributed by atoms with Crippen LogP contribution in [0.5, 0.6) is 0 Å². The standard InChI is InChI=1S/C14H18ClNS/c15-12-2-1-10-8-14(9-11(10)7-12)16-13-3-5-17-6-4-13/h1-2,7,13-14,16H,3-6,8-9H2. The van der Waals surface area contributed by atoms with Crippen LogP contribution < -0.4 is 5.32 Å². The summed E-state index contributed by atoms with van der Waals surface area (Å²) in [6.07, 6.45) is 4.99. The lowest BCUT2D eigenvalue weighted by Gasteiger charge is -2.26. The van der Waals surface area contributed by atoms with Crippen molar-refractivity contribution < 1.29 is 0 Å². The molecule has 0 saturated carbocycles. The average molecular weight is 268 g/mol. The Morgan fingerprint density at radius 3 is 2.65 bits per heavy atom. The van der Waals surface area contributed by atoms with Crippen molar-refractivity contribution in [3.63, 3.8) is 0 Å². The number of hydrogen-bond donors (Lipinski definition) is 1. The molecule has 1 heterocycles. The molecule has 2 aliphatic rings. The van der Waals surface area contributed by atoms with Crippen LogP contribution in [0.2, 0.25) is 5.02 Å². The monoisotopic (exact) mass is 267 g/mol. The smallest absolute Gasteiger partial charge is 0.0408 e. The molecule has 1 nitrogen and oxygen atoms in total. The van der Waals surface area contributed by atoms with E-state index in [0.717, 1.165) is 17.5 Å². The largest absolute Gasteiger partial charge is 0.311 e. The fourth-order valence-corrected chi connectivity index (χ4v) is 4.20. The highest BCUT2D eigenvalue weighted by atomic mass is 35.5. The summed E-state index contributed by atoms with van der Waals surface area (Å²) in [5.41, 5.74) is 2.93. The van der Waals surface area contributed by atoms with Gasteiger partial charge in [0.15, 0.2) is 0 Å². The molecule has 3 rings (SSSR count). The fourth-order valence-electron chi connectivity index (χ4n) is 2.90. The lowest BCUT2D eigenvalue weighted by Crippen LogP contribution is -2.40. The Labute approximate surface area is 112 Å². The number of halogens is 1. The summed E-state index contributed by atoms with van der Waals surface area (Å²) in [4.78, 5) is 0. The topological polar surface area (TPSA) is 12.0 Å². The molecule has 0 spiro atoms. The summed E-state index contributed by atoms with van der Waals surface area (Å²) in [5, 5.41) is 4.70. The van der Waals surface area contributed by atoms with Gasteiger partial charge in [-0.3, -0.25) is 0 Å². The van der Waals surface area contributed by atoms with Gasteiger partial charge >= 0.3 is 0 Å². The molecule has 0 bridgehead atoms. The van der Waals surface area contributed by atoms with Crippen LogP contribution in [0.25, 0.3) is 0 Å². The minimum atomic E-state index is 0.636. The maximum absolute atomic E-state index is 6.04. The van der Waals surface area contributed by atoms with E-state index in [1.54, 1.807) is 0 Å². The third-order valence-electron chi connectivity index (χ3n) is 3.79. The summed E-state index contributed by atoms with van der Waals surface area (Å²) in [6.45, 7) is 0. The van der Waals surface area contributed by atoms with Crippen molar-refractivity contribution in [2.75, 3.05) is 11.5 Å². The second-order valence-corrected chi connectivity index (χ2v) is 6.73. The van der Waals surface area contributed by atoms with Gasteiger partial charge in [0.05, 0.1) is 0 Å². The van der Waals surface area contributed by atoms with Crippen molar-refractivity contribution in [3.05, 3.63) is 34.3 Å². The molecule has 1 aromatic carbocycles. The van der Waals surface area contributed by atoms with E-state index < -0.39 is 0 Å². The normalized spacial score (nSPS) is 24.9. The van der Waals surface area contributed by atoms with Crippen LogP contribution >= 0.6 is 23.4 Å². The SMILES string of the molecule is Clc1ccc2c(c1)CC(NC1CCSCC1)C2. The third-order valence-corrected chi connectivity index (χ3v) is 5.08. The Kier molecular flexibility index (Phi) is 3.64. The summed E-state index contributed by atoms with van der Waals surface area (Å²) < 4.78 is 0. The predicted molar refractivity (Wildman–Crippen MR) is 76.1 cm³/mol. The van der Waals surface area contributed by atoms with E-state index >= 15 is 0 Å². The van der Waals surface area contributed by atoms with Crippen molar-refractivity contribution in [1.29, 1.82) is 0 Å². The summed E-state index contributed by atoms with van der Waals surface area (Å²) in [5.74, 6) is 2.65. The third kappa shape index (κ3) is 2.81. The van der Waals surface area contributed by atoms with Gasteiger partial charge in [0.25, 0.3) is 0 Å². The molecule has 1 N–H and O–H groups in total. The first kappa shape index (κ1) is 11.9. The number of nitrogens with one attached hydrogen (secondary N) is 1. The van der Waals surface area contributed by atoms with Gasteiger partial charge in [0.2, 0.25) is 0 Å². The minimum absolute atomic E-state index is 0.636. The van der Waals surface area contributed by atoms with Crippen LogP contribution in [0, 0.1) is 0 Å². The van der Waals surface area contributed by atoms with Crippen molar-refractivity contribution in [2.24, 2.45) is 0 Å². The maximum atomic E-state index is 6.04. The zero-order valence-electron chi connectivity index (χ0n) is 9.92. The molecule has 1 aromatic rings. The highest BCUT2D eigenvalue weighted by Crippen LogP contribution is 2.26. The van der Waals surface area contributed by atoms with Crippen molar-refractivity contribution in [2.45, 2.75) is 37.8 Å². The van der Waals surface area contributed by atoms with Crippen molar-refractivity contribution in [3.8, 4) is 0 Å². The summed E-state index contributed by atoms with van der Waals surface area (Å²) >= 11 is 8.13. The predicted octanol–water partition coefficient (Wildman–Crippen LogP) is 3.29. The van der Waals surface area contributed by atoms with Gasteiger partial charge in [-0.25, -0.2) is 0 Å². The molecule has 1 unspecified atom stereocenters. The van der Waals surface area contributed by atoms with Crippen molar-refractivity contribution >= 4 is 23.4 Å². The Morgan fingerprint density at radius 1 is 1.06 bits per heavy atom. The first-order valence-corrected chi connectivity index (χ1v) is 7.95. The van der Waals surface area contributed by atoms with Crippen LogP contribution in [-0.4, -0.2) is 23.6 Å². The fraction of sp³-hybridized carbons (Fsp3) is 0.571. The Morgan fingerprint density at radius 2 is 1.82 bits per heavy atom. The second kappa shape index (κ2) is 5.21. The van der Waals surface area contributed by atoms with E-state index in [0.29, 0.717) is 6.04 Å². The Bertz CT molecular complexity index is 401. The molecule has 1 fully saturated rings. The van der Waals surface area contributed by atoms with E-state index in [1.807, 2.05) is 6.07 Å². The number of thioether (sulfide) groups is 1. The summed E-state index contributed by atoms with van der Waals surface area (Å²) in [7, 11) is 0. The van der Waals surface area contributed by atoms with Crippen LogP contribution in [0.3, 0.4) is 0 Å². The molecule has 3 heteroatoms. The quantitative estimate of drug-likeness (QED) is 0.883. The Balaban J connectivity index is 1.61. The zero-order valence-corrected chi connectivity index (χ0v) is 11.5. The lowest BCUT2D eigenvalue weighted by atomic mass is 10.1. The van der Waals surface area contributed by atoms with Gasteiger partial charge in [-0.05, 0) is 60.4 Å². The molecule has 17 heavy (non-hydrogen) atoms. The first-order chi connectivity index (χ1) is 8.31. The molecule has 1 saturated heterocycles. The van der Waals surface area contributed by atoms with Gasteiger partial charge < -0.3 is 5.32 Å². The molecule has 92 valence electrons. The van der Waals surface area contributed by atoms with Gasteiger partial charge in [-0.1, -0.05) is 17.7 Å². The van der Waals surface area contributed by atoms with Gasteiger partial charge in [-0.15, -0.1) is 0 Å². The van der Waals surface area contributed by atoms with Crippen LogP contribution in [0.1, 0.15) is 24.0 Å². The van der Waals surface area contributed by atoms with Crippen molar-refractivity contribution in [1.82, 2.24) is 5.32 Å². The van der Waals surface area contributed by atoms with E-state index in [-0.39, 0.29) is 0 Å². The number of fused-ring (bicyclic) bond motifs is 1. The molecule has 1 aliphatic carbocycles. The van der Waals surface area contributed by atoms with E-state index in [4.69, 9.17) is 11.6 Å². The second-order valence-electron chi connectivity index (χ2n) is 5.07. The van der Waals surface area contributed by atoms with E-state index in [1.165, 1.54) is 41.9 Å². The molecule has 0 radical (unpaired) electrons. The summed E-state index contributed by atoms with van der Waals surface area (Å²) in [6, 6.07) is 7.72. The molecule has 1 aliphatic heterocycles. The molecular formula is C14H18ClNS. The average Bonchev–Trinajstić information content (AvgIpc) is 2.71.